The van der Waals surface area contributed by atoms with Gasteiger partial charge in [-0.25, -0.2) is 0 Å². The zero-order valence-corrected chi connectivity index (χ0v) is 20.0. The summed E-state index contributed by atoms with van der Waals surface area (Å²) in [4.78, 5) is 27.2. The summed E-state index contributed by atoms with van der Waals surface area (Å²) in [6.07, 6.45) is 2.49. The van der Waals surface area contributed by atoms with E-state index in [9.17, 15) is 9.59 Å². The number of halogens is 2. The van der Waals surface area contributed by atoms with Gasteiger partial charge < -0.3 is 24.8 Å². The summed E-state index contributed by atoms with van der Waals surface area (Å²) in [6.45, 7) is 7.02. The maximum Gasteiger partial charge on any atom is 0.480 e. The van der Waals surface area contributed by atoms with Gasteiger partial charge in [-0.1, -0.05) is 37.0 Å². The first-order valence-corrected chi connectivity index (χ1v) is 11.5. The number of nitrogens with zero attached hydrogens (tertiary/aromatic N) is 1. The Morgan fingerprint density at radius 3 is 2.42 bits per heavy atom. The molecule has 1 unspecified atom stereocenters. The second-order valence-electron chi connectivity index (χ2n) is 8.23. The monoisotopic (exact) mass is 471 g/mol. The van der Waals surface area contributed by atoms with Gasteiger partial charge in [-0.3, -0.25) is 9.59 Å². The number of carbonyl (C=O) groups excluding carboxylic acids is 2. The van der Waals surface area contributed by atoms with Crippen LogP contribution in [0.2, 0.25) is 10.0 Å². The van der Waals surface area contributed by atoms with E-state index in [1.54, 1.807) is 12.1 Å². The third kappa shape index (κ3) is 9.37. The topological polar surface area (TPSA) is 79.9 Å². The molecule has 1 aromatic rings. The quantitative estimate of drug-likeness (QED) is 0.597. The maximum absolute atomic E-state index is 12.6. The highest BCUT2D eigenvalue weighted by Gasteiger charge is 2.32. The second-order valence-corrected chi connectivity index (χ2v) is 9.07. The first kappa shape index (κ1) is 25.9. The normalized spacial score (nSPS) is 17.3. The van der Waals surface area contributed by atoms with Crippen molar-refractivity contribution in [2.45, 2.75) is 39.1 Å². The van der Waals surface area contributed by atoms with Gasteiger partial charge in [-0.15, -0.1) is 0 Å². The molecule has 1 aromatic carbocycles. The molecule has 1 heterocycles. The number of nitrogens with one attached hydrogen (secondary N) is 2. The average Bonchev–Trinajstić information content (AvgIpc) is 2.72. The number of hydrogen-bond donors (Lipinski definition) is 2. The molecule has 10 heteroatoms. The zero-order valence-electron chi connectivity index (χ0n) is 18.5. The summed E-state index contributed by atoms with van der Waals surface area (Å²) >= 11 is 12.0. The summed E-state index contributed by atoms with van der Waals surface area (Å²) in [5.41, 5.74) is 0.227. The molecule has 31 heavy (non-hydrogen) atoms. The van der Waals surface area contributed by atoms with Gasteiger partial charge in [0, 0.05) is 18.2 Å². The lowest BCUT2D eigenvalue weighted by molar-refractivity contribution is -0.120. The molecular formula is C21H32BCl2N3O4. The summed E-state index contributed by atoms with van der Waals surface area (Å²) in [5, 5.41) is 6.23. The van der Waals surface area contributed by atoms with Crippen molar-refractivity contribution in [3.05, 3.63) is 33.8 Å². The van der Waals surface area contributed by atoms with Crippen LogP contribution in [0.3, 0.4) is 0 Å². The minimum absolute atomic E-state index is 0.187. The lowest BCUT2D eigenvalue weighted by Crippen LogP contribution is -2.52. The van der Waals surface area contributed by atoms with Gasteiger partial charge in [-0.05, 0) is 63.5 Å². The lowest BCUT2D eigenvalue weighted by atomic mass is 9.73. The van der Waals surface area contributed by atoms with Crippen LogP contribution in [0.25, 0.3) is 0 Å². The van der Waals surface area contributed by atoms with Crippen LogP contribution in [0.15, 0.2) is 18.2 Å². The first-order chi connectivity index (χ1) is 14.8. The Hall–Kier alpha value is -1.32. The Balaban J connectivity index is 1.94. The van der Waals surface area contributed by atoms with Crippen LogP contribution in [0.1, 0.15) is 43.5 Å². The highest BCUT2D eigenvalue weighted by atomic mass is 35.5. The van der Waals surface area contributed by atoms with E-state index in [0.29, 0.717) is 30.6 Å². The fraction of sp³-hybridized carbons (Fsp3) is 0.619. The fourth-order valence-electron chi connectivity index (χ4n) is 3.39. The van der Waals surface area contributed by atoms with Crippen molar-refractivity contribution in [1.29, 1.82) is 0 Å². The molecule has 1 fully saturated rings. The molecule has 1 aliphatic heterocycles. The van der Waals surface area contributed by atoms with Crippen molar-refractivity contribution in [3.63, 3.8) is 0 Å². The molecule has 0 aromatic heterocycles. The second kappa shape index (κ2) is 13.3. The molecule has 2 rings (SSSR count). The number of rotatable bonds is 7. The zero-order chi connectivity index (χ0) is 22.8. The van der Waals surface area contributed by atoms with E-state index in [1.807, 2.05) is 0 Å². The molecule has 1 aliphatic rings. The minimum atomic E-state index is -0.521. The van der Waals surface area contributed by atoms with Gasteiger partial charge in [0.2, 0.25) is 5.91 Å². The highest BCUT2D eigenvalue weighted by Crippen LogP contribution is 2.20. The molecule has 0 radical (unpaired) electrons. The van der Waals surface area contributed by atoms with E-state index in [1.165, 1.54) is 6.07 Å². The van der Waals surface area contributed by atoms with Gasteiger partial charge in [-0.2, -0.15) is 0 Å². The molecule has 2 amide bonds. The number of carbonyl (C=O) groups is 2. The van der Waals surface area contributed by atoms with E-state index in [-0.39, 0.29) is 29.0 Å². The summed E-state index contributed by atoms with van der Waals surface area (Å²) < 4.78 is 11.9. The van der Waals surface area contributed by atoms with Gasteiger partial charge in [0.1, 0.15) is 0 Å². The molecular weight excluding hydrogens is 440 g/mol. The smallest absolute Gasteiger partial charge is 0.410 e. The van der Waals surface area contributed by atoms with Gasteiger partial charge in [0.05, 0.1) is 23.1 Å². The van der Waals surface area contributed by atoms with Crippen LogP contribution in [0, 0.1) is 5.92 Å². The molecule has 7 nitrogen and oxygen atoms in total. The van der Waals surface area contributed by atoms with Crippen molar-refractivity contribution in [1.82, 2.24) is 15.5 Å². The van der Waals surface area contributed by atoms with Crippen LogP contribution in [0.4, 0.5) is 0 Å². The van der Waals surface area contributed by atoms with E-state index >= 15 is 0 Å². The summed E-state index contributed by atoms with van der Waals surface area (Å²) in [7, 11) is 1.57. The highest BCUT2D eigenvalue weighted by molar-refractivity contribution is 6.47. The van der Waals surface area contributed by atoms with Crippen molar-refractivity contribution in [2.24, 2.45) is 5.92 Å². The summed E-state index contributed by atoms with van der Waals surface area (Å²) in [5.74, 6) is -0.755. The van der Waals surface area contributed by atoms with E-state index in [2.05, 4.69) is 36.4 Å². The molecule has 1 atom stereocenters. The van der Waals surface area contributed by atoms with E-state index < -0.39 is 13.0 Å². The number of benzene rings is 1. The minimum Gasteiger partial charge on any atom is -0.410 e. The van der Waals surface area contributed by atoms with Crippen LogP contribution >= 0.6 is 23.2 Å². The van der Waals surface area contributed by atoms with Gasteiger partial charge in [0.15, 0.2) is 0 Å². The van der Waals surface area contributed by atoms with E-state index in [4.69, 9.17) is 32.5 Å². The Labute approximate surface area is 195 Å². The van der Waals surface area contributed by atoms with Crippen molar-refractivity contribution in [2.75, 3.05) is 39.9 Å². The number of hydrogen-bond acceptors (Lipinski definition) is 5. The predicted molar refractivity (Wildman–Crippen MR) is 125 cm³/mol. The standard InChI is InChI=1S/C21H32BCl2N3O4/c1-15(2)12-19(22-30-10-4-8-27(3)9-5-11-31-22)26-20(28)14-25-21(29)17-13-16(23)6-7-18(17)24/h6-7,13,15,19H,4-5,8-12,14H2,1-3H3,(H,25,29)(H,26,28). The number of amides is 2. The summed E-state index contributed by atoms with van der Waals surface area (Å²) in [6, 6.07) is 4.61. The SMILES string of the molecule is CC(C)CC(NC(=O)CNC(=O)c1cc(Cl)ccc1Cl)B1OCCCN(C)CCCO1. The van der Waals surface area contributed by atoms with Gasteiger partial charge >= 0.3 is 7.12 Å². The molecule has 0 bridgehead atoms. The lowest BCUT2D eigenvalue weighted by Gasteiger charge is -2.28. The molecule has 0 spiro atoms. The predicted octanol–water partition coefficient (Wildman–Crippen LogP) is 3.04. The maximum atomic E-state index is 12.6. The largest absolute Gasteiger partial charge is 0.480 e. The van der Waals surface area contributed by atoms with E-state index in [0.717, 1.165) is 25.9 Å². The molecule has 0 saturated carbocycles. The third-order valence-corrected chi connectivity index (χ3v) is 5.48. The fourth-order valence-corrected chi connectivity index (χ4v) is 3.77. The Morgan fingerprint density at radius 1 is 1.16 bits per heavy atom. The van der Waals surface area contributed by atoms with Crippen LogP contribution in [0.5, 0.6) is 0 Å². The molecule has 0 aliphatic carbocycles. The van der Waals surface area contributed by atoms with Crippen molar-refractivity contribution >= 4 is 42.1 Å². The van der Waals surface area contributed by atoms with Gasteiger partial charge in [0.25, 0.3) is 5.91 Å². The third-order valence-electron chi connectivity index (χ3n) is 4.92. The Morgan fingerprint density at radius 2 is 1.81 bits per heavy atom. The average molecular weight is 472 g/mol. The first-order valence-electron chi connectivity index (χ1n) is 10.7. The van der Waals surface area contributed by atoms with Crippen LogP contribution < -0.4 is 10.6 Å². The Bertz CT molecular complexity index is 727. The Kier molecular flexibility index (Phi) is 11.1. The molecule has 2 N–H and O–H groups in total. The molecule has 172 valence electrons. The van der Waals surface area contributed by atoms with Crippen molar-refractivity contribution in [3.8, 4) is 0 Å². The van der Waals surface area contributed by atoms with Crippen LogP contribution in [-0.2, 0) is 14.1 Å². The van der Waals surface area contributed by atoms with Crippen molar-refractivity contribution < 1.29 is 18.9 Å². The van der Waals surface area contributed by atoms with Crippen LogP contribution in [-0.4, -0.2) is 69.7 Å². The molecule has 1 saturated heterocycles.